The molecule has 0 saturated carbocycles. The van der Waals surface area contributed by atoms with E-state index in [1.54, 1.807) is 0 Å². The van der Waals surface area contributed by atoms with Crippen molar-refractivity contribution in [2.24, 2.45) is 0 Å². The van der Waals surface area contributed by atoms with Crippen LogP contribution in [0.3, 0.4) is 0 Å². The SMILES string of the molecule is c1ccc2cc3c(cc2c1)c1ccccc1n3-c1ccc(-c2nc(-c3cccc4oc5ccccc5c34)nc(-c3cccc4oc5ccccc5c34)n2)c(-c2cccc3c2oc2ccccc23)c1. The van der Waals surface area contributed by atoms with Crippen molar-refractivity contribution < 1.29 is 13.3 Å². The third kappa shape index (κ3) is 5.38. The van der Waals surface area contributed by atoms with Gasteiger partial charge in [0, 0.05) is 71.0 Å². The van der Waals surface area contributed by atoms with Gasteiger partial charge < -0.3 is 17.8 Å². The van der Waals surface area contributed by atoms with Crippen LogP contribution >= 0.6 is 0 Å². The summed E-state index contributed by atoms with van der Waals surface area (Å²) in [7, 11) is 0. The fourth-order valence-corrected chi connectivity index (χ4v) is 10.6. The Bertz CT molecular complexity index is 4460. The van der Waals surface area contributed by atoms with Crippen LogP contribution in [0, 0.1) is 0 Å². The molecule has 0 N–H and O–H groups in total. The first kappa shape index (κ1) is 36.9. The van der Waals surface area contributed by atoms with Crippen molar-refractivity contribution in [2.45, 2.75) is 0 Å². The molecule has 0 spiro atoms. The van der Waals surface area contributed by atoms with Crippen LogP contribution in [-0.4, -0.2) is 19.5 Å². The Kier molecular flexibility index (Phi) is 7.65. The van der Waals surface area contributed by atoms with Gasteiger partial charge in [-0.3, -0.25) is 0 Å². The zero-order valence-corrected chi connectivity index (χ0v) is 36.1. The van der Waals surface area contributed by atoms with Crippen molar-refractivity contribution in [3.05, 3.63) is 206 Å². The van der Waals surface area contributed by atoms with Crippen molar-refractivity contribution in [2.75, 3.05) is 0 Å². The topological polar surface area (TPSA) is 83.0 Å². The minimum atomic E-state index is 0.516. The van der Waals surface area contributed by atoms with Gasteiger partial charge in [-0.15, -0.1) is 0 Å². The molecule has 7 nitrogen and oxygen atoms in total. The van der Waals surface area contributed by atoms with Crippen LogP contribution < -0.4 is 0 Å². The number of aromatic nitrogens is 4. The van der Waals surface area contributed by atoms with Gasteiger partial charge in [-0.1, -0.05) is 140 Å². The number of benzene rings is 10. The molecule has 7 heteroatoms. The summed E-state index contributed by atoms with van der Waals surface area (Å²) in [5.41, 5.74) is 12.3. The average Bonchev–Trinajstić information content (AvgIpc) is 4.16. The summed E-state index contributed by atoms with van der Waals surface area (Å²) in [6.07, 6.45) is 0. The van der Waals surface area contributed by atoms with E-state index in [0.29, 0.717) is 17.5 Å². The Balaban J connectivity index is 1.05. The lowest BCUT2D eigenvalue weighted by atomic mass is 9.96. The zero-order valence-electron chi connectivity index (χ0n) is 36.1. The van der Waals surface area contributed by atoms with Gasteiger partial charge in [0.25, 0.3) is 0 Å². The maximum Gasteiger partial charge on any atom is 0.164 e. The first-order valence-electron chi connectivity index (χ1n) is 22.7. The highest BCUT2D eigenvalue weighted by Crippen LogP contribution is 2.44. The van der Waals surface area contributed by atoms with Gasteiger partial charge in [-0.25, -0.2) is 15.0 Å². The van der Waals surface area contributed by atoms with Crippen LogP contribution in [0.5, 0.6) is 0 Å². The Hall–Kier alpha value is -9.33. The summed E-state index contributed by atoms with van der Waals surface area (Å²) in [4.78, 5) is 16.3. The lowest BCUT2D eigenvalue weighted by Gasteiger charge is -2.16. The summed E-state index contributed by atoms with van der Waals surface area (Å²) in [6.45, 7) is 0. The summed E-state index contributed by atoms with van der Waals surface area (Å²) in [5.74, 6) is 1.57. The van der Waals surface area contributed by atoms with Gasteiger partial charge in [-0.05, 0) is 83.1 Å². The number of fused-ring (bicyclic) bond motifs is 13. The minimum absolute atomic E-state index is 0.516. The third-order valence-corrected chi connectivity index (χ3v) is 13.7. The third-order valence-electron chi connectivity index (χ3n) is 13.7. The molecule has 68 heavy (non-hydrogen) atoms. The number of furan rings is 3. The number of rotatable bonds is 5. The van der Waals surface area contributed by atoms with Crippen molar-refractivity contribution in [3.8, 4) is 51.0 Å². The largest absolute Gasteiger partial charge is 0.456 e. The van der Waals surface area contributed by atoms with Gasteiger partial charge >= 0.3 is 0 Å². The maximum absolute atomic E-state index is 6.81. The maximum atomic E-state index is 6.81. The van der Waals surface area contributed by atoms with Gasteiger partial charge in [-0.2, -0.15) is 0 Å². The summed E-state index contributed by atoms with van der Waals surface area (Å²) in [5, 5.41) is 10.7. The molecule has 0 radical (unpaired) electrons. The average molecular weight is 871 g/mol. The second-order valence-electron chi connectivity index (χ2n) is 17.4. The van der Waals surface area contributed by atoms with Crippen molar-refractivity contribution in [3.63, 3.8) is 0 Å². The lowest BCUT2D eigenvalue weighted by Crippen LogP contribution is -2.02. The molecule has 0 saturated heterocycles. The van der Waals surface area contributed by atoms with Gasteiger partial charge in [0.05, 0.1) is 11.0 Å². The highest BCUT2D eigenvalue weighted by atomic mass is 16.3. The van der Waals surface area contributed by atoms with E-state index in [0.717, 1.165) is 110 Å². The number of hydrogen-bond donors (Lipinski definition) is 0. The lowest BCUT2D eigenvalue weighted by molar-refractivity contribution is 0.668. The number of para-hydroxylation sites is 5. The van der Waals surface area contributed by atoms with E-state index in [2.05, 4.69) is 138 Å². The molecule has 0 unspecified atom stereocenters. The molecular weight excluding hydrogens is 837 g/mol. The molecule has 10 aromatic carbocycles. The molecule has 5 heterocycles. The second-order valence-corrected chi connectivity index (χ2v) is 17.4. The fourth-order valence-electron chi connectivity index (χ4n) is 10.6. The van der Waals surface area contributed by atoms with E-state index in [-0.39, 0.29) is 0 Å². The molecule has 316 valence electrons. The highest BCUT2D eigenvalue weighted by Gasteiger charge is 2.24. The van der Waals surface area contributed by atoms with Crippen molar-refractivity contribution in [1.82, 2.24) is 19.5 Å². The molecule has 0 aliphatic carbocycles. The molecule has 5 aromatic heterocycles. The van der Waals surface area contributed by atoms with Crippen molar-refractivity contribution >= 4 is 98.4 Å². The molecular formula is C61H34N4O3. The van der Waals surface area contributed by atoms with E-state index in [4.69, 9.17) is 28.2 Å². The molecule has 15 rings (SSSR count). The van der Waals surface area contributed by atoms with Crippen LogP contribution in [0.1, 0.15) is 0 Å². The standard InChI is InChI=1S/C61H34N4O3/c1-2-15-36-33-50-48(32-35(36)14-1)38-16-3-7-24-49(38)65(50)37-30-31-42(47(34-37)41-21-11-20-40-39-17-4-8-25-51(39)68-58(40)41)59-62-60(45-22-12-28-54-56(45)43-18-5-9-26-52(43)66-54)64-61(63-59)46-23-13-29-55-57(46)44-19-6-10-27-53(44)67-55/h1-34H. The molecule has 0 aliphatic heterocycles. The zero-order chi connectivity index (χ0) is 44.5. The Morgan fingerprint density at radius 2 is 0.794 bits per heavy atom. The summed E-state index contributed by atoms with van der Waals surface area (Å²) >= 11 is 0. The van der Waals surface area contributed by atoms with E-state index < -0.39 is 0 Å². The van der Waals surface area contributed by atoms with Crippen LogP contribution in [0.25, 0.3) is 149 Å². The normalized spacial score (nSPS) is 12.1. The number of hydrogen-bond acceptors (Lipinski definition) is 6. The monoisotopic (exact) mass is 870 g/mol. The number of nitrogens with zero attached hydrogens (tertiary/aromatic N) is 4. The Morgan fingerprint density at radius 1 is 0.294 bits per heavy atom. The molecule has 0 fully saturated rings. The molecule has 15 aromatic rings. The van der Waals surface area contributed by atoms with Crippen LogP contribution in [0.15, 0.2) is 220 Å². The second kappa shape index (κ2) is 14.1. The summed E-state index contributed by atoms with van der Waals surface area (Å²) in [6, 6.07) is 71.5. The predicted molar refractivity (Wildman–Crippen MR) is 275 cm³/mol. The van der Waals surface area contributed by atoms with Crippen LogP contribution in [0.2, 0.25) is 0 Å². The Labute approximate surface area is 386 Å². The fraction of sp³-hybridized carbons (Fsp3) is 0. The smallest absolute Gasteiger partial charge is 0.164 e. The molecule has 0 bridgehead atoms. The van der Waals surface area contributed by atoms with E-state index in [9.17, 15) is 0 Å². The van der Waals surface area contributed by atoms with Gasteiger partial charge in [0.2, 0.25) is 0 Å². The quantitative estimate of drug-likeness (QED) is 0.171. The molecule has 0 atom stereocenters. The first-order valence-corrected chi connectivity index (χ1v) is 22.7. The van der Waals surface area contributed by atoms with Gasteiger partial charge in [0.15, 0.2) is 17.5 Å². The van der Waals surface area contributed by atoms with E-state index >= 15 is 0 Å². The predicted octanol–water partition coefficient (Wildman–Crippen LogP) is 16.5. The molecule has 0 amide bonds. The van der Waals surface area contributed by atoms with E-state index in [1.807, 2.05) is 72.8 Å². The van der Waals surface area contributed by atoms with Crippen molar-refractivity contribution in [1.29, 1.82) is 0 Å². The van der Waals surface area contributed by atoms with Crippen LogP contribution in [-0.2, 0) is 0 Å². The minimum Gasteiger partial charge on any atom is -0.456 e. The molecule has 0 aliphatic rings. The van der Waals surface area contributed by atoms with Gasteiger partial charge in [0.1, 0.15) is 33.5 Å². The van der Waals surface area contributed by atoms with Crippen LogP contribution in [0.4, 0.5) is 0 Å². The summed E-state index contributed by atoms with van der Waals surface area (Å²) < 4.78 is 22.0. The van der Waals surface area contributed by atoms with E-state index in [1.165, 1.54) is 21.5 Å². The Morgan fingerprint density at radius 3 is 1.47 bits per heavy atom. The highest BCUT2D eigenvalue weighted by molar-refractivity contribution is 6.16. The first-order chi connectivity index (χ1) is 33.7.